The summed E-state index contributed by atoms with van der Waals surface area (Å²) in [5.74, 6) is 1.35. The molecule has 2 rings (SSSR count). The van der Waals surface area contributed by atoms with Gasteiger partial charge in [-0.05, 0) is 34.7 Å². The van der Waals surface area contributed by atoms with E-state index in [1.165, 1.54) is 25.7 Å². The van der Waals surface area contributed by atoms with Crippen LogP contribution in [0.4, 0.5) is 5.95 Å². The maximum Gasteiger partial charge on any atom is 0.204 e. The predicted molar refractivity (Wildman–Crippen MR) is 81.9 cm³/mol. The van der Waals surface area contributed by atoms with Crippen molar-refractivity contribution in [2.24, 2.45) is 0 Å². The molecule has 1 aromatic heterocycles. The lowest BCUT2D eigenvalue weighted by atomic mass is 10.1. The van der Waals surface area contributed by atoms with Crippen LogP contribution in [-0.4, -0.2) is 23.1 Å². The van der Waals surface area contributed by atoms with Crippen molar-refractivity contribution < 1.29 is 0 Å². The van der Waals surface area contributed by atoms with Gasteiger partial charge in [-0.1, -0.05) is 38.9 Å². The quantitative estimate of drug-likeness (QED) is 0.816. The Morgan fingerprint density at radius 3 is 2.39 bits per heavy atom. The van der Waals surface area contributed by atoms with E-state index in [0.717, 1.165) is 29.2 Å². The first kappa shape index (κ1) is 14.0. The van der Waals surface area contributed by atoms with E-state index in [4.69, 9.17) is 12.2 Å². The topological polar surface area (TPSA) is 31.9 Å². The van der Waals surface area contributed by atoms with Gasteiger partial charge in [0.25, 0.3) is 0 Å². The minimum atomic E-state index is 0.412. The highest BCUT2D eigenvalue weighted by atomic mass is 79.9. The highest BCUT2D eigenvalue weighted by Gasteiger charge is 2.15. The van der Waals surface area contributed by atoms with E-state index in [9.17, 15) is 0 Å². The molecule has 5 heteroatoms. The van der Waals surface area contributed by atoms with Crippen molar-refractivity contribution in [3.8, 4) is 0 Å². The fourth-order valence-corrected chi connectivity index (χ4v) is 3.14. The number of anilines is 1. The van der Waals surface area contributed by atoms with E-state index in [1.807, 2.05) is 0 Å². The predicted octanol–water partition coefficient (Wildman–Crippen LogP) is 4.41. The number of aromatic amines is 1. The summed E-state index contributed by atoms with van der Waals surface area (Å²) in [6, 6.07) is 0. The molecule has 0 aromatic carbocycles. The second-order valence-electron chi connectivity index (χ2n) is 5.15. The van der Waals surface area contributed by atoms with Gasteiger partial charge in [0, 0.05) is 18.8 Å². The zero-order chi connectivity index (χ0) is 13.1. The van der Waals surface area contributed by atoms with Gasteiger partial charge in [0.05, 0.1) is 4.47 Å². The van der Waals surface area contributed by atoms with Crippen LogP contribution in [0.5, 0.6) is 0 Å². The maximum atomic E-state index is 5.35. The summed E-state index contributed by atoms with van der Waals surface area (Å²) in [5.41, 5.74) is 1.15. The first-order chi connectivity index (χ1) is 8.59. The van der Waals surface area contributed by atoms with E-state index in [2.05, 4.69) is 44.6 Å². The number of rotatable bonds is 2. The van der Waals surface area contributed by atoms with E-state index >= 15 is 0 Å². The van der Waals surface area contributed by atoms with Gasteiger partial charge < -0.3 is 9.88 Å². The van der Waals surface area contributed by atoms with Crippen molar-refractivity contribution in [2.45, 2.75) is 45.4 Å². The number of aromatic nitrogens is 2. The highest BCUT2D eigenvalue weighted by molar-refractivity contribution is 9.10. The lowest BCUT2D eigenvalue weighted by Gasteiger charge is -2.22. The monoisotopic (exact) mass is 329 g/mol. The van der Waals surface area contributed by atoms with Crippen LogP contribution in [0.25, 0.3) is 0 Å². The van der Waals surface area contributed by atoms with Gasteiger partial charge in [0.1, 0.15) is 4.64 Å². The Bertz CT molecular complexity index is 462. The van der Waals surface area contributed by atoms with Gasteiger partial charge in [-0.15, -0.1) is 0 Å². The van der Waals surface area contributed by atoms with Crippen LogP contribution in [-0.2, 0) is 0 Å². The van der Waals surface area contributed by atoms with Crippen LogP contribution in [0, 0.1) is 4.64 Å². The Labute approximate surface area is 122 Å². The summed E-state index contributed by atoms with van der Waals surface area (Å²) >= 11 is 8.88. The molecule has 0 saturated carbocycles. The van der Waals surface area contributed by atoms with Crippen LogP contribution in [0.2, 0.25) is 0 Å². The number of nitrogens with zero attached hydrogens (tertiary/aromatic N) is 2. The molecule has 1 saturated heterocycles. The van der Waals surface area contributed by atoms with Gasteiger partial charge in [-0.2, -0.15) is 0 Å². The molecule has 3 nitrogen and oxygen atoms in total. The van der Waals surface area contributed by atoms with E-state index in [1.54, 1.807) is 0 Å². The molecule has 0 aliphatic carbocycles. The molecule has 0 amide bonds. The second kappa shape index (κ2) is 6.15. The van der Waals surface area contributed by atoms with Gasteiger partial charge in [0.15, 0.2) is 0 Å². The van der Waals surface area contributed by atoms with E-state index in [0.29, 0.717) is 10.6 Å². The first-order valence-electron chi connectivity index (χ1n) is 6.64. The third-order valence-corrected chi connectivity index (χ3v) is 4.72. The Hall–Kier alpha value is -0.420. The molecule has 0 bridgehead atoms. The fourth-order valence-electron chi connectivity index (χ4n) is 2.29. The van der Waals surface area contributed by atoms with Crippen molar-refractivity contribution in [1.29, 1.82) is 0 Å². The second-order valence-corrected chi connectivity index (χ2v) is 6.33. The summed E-state index contributed by atoms with van der Waals surface area (Å²) in [5, 5.41) is 0. The maximum absolute atomic E-state index is 5.35. The number of nitrogens with one attached hydrogen (secondary N) is 1. The highest BCUT2D eigenvalue weighted by Crippen LogP contribution is 2.26. The zero-order valence-electron chi connectivity index (χ0n) is 11.0. The van der Waals surface area contributed by atoms with Gasteiger partial charge in [-0.3, -0.25) is 0 Å². The van der Waals surface area contributed by atoms with Crippen molar-refractivity contribution in [1.82, 2.24) is 9.97 Å². The number of hydrogen-bond donors (Lipinski definition) is 1. The molecule has 0 spiro atoms. The fraction of sp³-hybridized carbons (Fsp3) is 0.692. The molecular formula is C13H20BrN3S. The lowest BCUT2D eigenvalue weighted by molar-refractivity contribution is 0.726. The molecule has 1 fully saturated rings. The Morgan fingerprint density at radius 2 is 1.83 bits per heavy atom. The molecule has 1 N–H and O–H groups in total. The summed E-state index contributed by atoms with van der Waals surface area (Å²) < 4.78 is 1.60. The molecule has 0 atom stereocenters. The van der Waals surface area contributed by atoms with E-state index < -0.39 is 0 Å². The van der Waals surface area contributed by atoms with Crippen molar-refractivity contribution in [3.05, 3.63) is 14.8 Å². The summed E-state index contributed by atoms with van der Waals surface area (Å²) in [7, 11) is 0. The SMILES string of the molecule is CC(C)c1[nH]c(N2CCCCCC2)nc(=S)c1Br. The van der Waals surface area contributed by atoms with Crippen LogP contribution in [0.1, 0.15) is 51.1 Å². The average Bonchev–Trinajstić information content (AvgIpc) is 2.60. The summed E-state index contributed by atoms with van der Waals surface area (Å²) in [6.45, 7) is 6.49. The van der Waals surface area contributed by atoms with Crippen molar-refractivity contribution in [2.75, 3.05) is 18.0 Å². The first-order valence-corrected chi connectivity index (χ1v) is 7.84. The normalized spacial score (nSPS) is 17.0. The smallest absolute Gasteiger partial charge is 0.204 e. The molecule has 1 aromatic rings. The minimum absolute atomic E-state index is 0.412. The molecule has 1 aliphatic rings. The Kier molecular flexibility index (Phi) is 4.78. The minimum Gasteiger partial charge on any atom is -0.342 e. The Balaban J connectivity index is 2.35. The number of halogens is 1. The number of hydrogen-bond acceptors (Lipinski definition) is 3. The van der Waals surface area contributed by atoms with Crippen molar-refractivity contribution >= 4 is 34.1 Å². The molecular weight excluding hydrogens is 310 g/mol. The molecule has 1 aliphatic heterocycles. The number of H-pyrrole nitrogens is 1. The van der Waals surface area contributed by atoms with Crippen LogP contribution in [0.3, 0.4) is 0 Å². The average molecular weight is 330 g/mol. The molecule has 0 unspecified atom stereocenters. The summed E-state index contributed by atoms with van der Waals surface area (Å²) in [4.78, 5) is 10.3. The van der Waals surface area contributed by atoms with Crippen LogP contribution in [0.15, 0.2) is 4.47 Å². The molecule has 18 heavy (non-hydrogen) atoms. The largest absolute Gasteiger partial charge is 0.342 e. The molecule has 0 radical (unpaired) electrons. The van der Waals surface area contributed by atoms with Gasteiger partial charge >= 0.3 is 0 Å². The Morgan fingerprint density at radius 1 is 1.22 bits per heavy atom. The standard InChI is InChI=1S/C13H20BrN3S/c1-9(2)11-10(14)12(18)16-13(15-11)17-7-5-3-4-6-8-17/h9H,3-8H2,1-2H3,(H,15,16,18). The third kappa shape index (κ3) is 3.12. The summed E-state index contributed by atoms with van der Waals surface area (Å²) in [6.07, 6.45) is 5.14. The third-order valence-electron chi connectivity index (χ3n) is 3.36. The van der Waals surface area contributed by atoms with Crippen LogP contribution >= 0.6 is 28.1 Å². The van der Waals surface area contributed by atoms with E-state index in [-0.39, 0.29) is 0 Å². The van der Waals surface area contributed by atoms with Crippen molar-refractivity contribution in [3.63, 3.8) is 0 Å². The van der Waals surface area contributed by atoms with Crippen LogP contribution < -0.4 is 4.90 Å². The van der Waals surface area contributed by atoms with Gasteiger partial charge in [-0.25, -0.2) is 4.98 Å². The molecule has 100 valence electrons. The zero-order valence-corrected chi connectivity index (χ0v) is 13.4. The van der Waals surface area contributed by atoms with Gasteiger partial charge in [0.2, 0.25) is 5.95 Å². The molecule has 2 heterocycles. The lowest BCUT2D eigenvalue weighted by Crippen LogP contribution is -2.26.